The lowest BCUT2D eigenvalue weighted by molar-refractivity contribution is -0.122. The molecule has 5 heteroatoms. The average molecular weight is 301 g/mol. The molecule has 104 valence electrons. The molecule has 0 radical (unpaired) electrons. The van der Waals surface area contributed by atoms with Gasteiger partial charge in [-0.15, -0.1) is 0 Å². The Morgan fingerprint density at radius 3 is 2.79 bits per heavy atom. The largest absolute Gasteiger partial charge is 0.355 e. The van der Waals surface area contributed by atoms with Gasteiger partial charge in [-0.2, -0.15) is 0 Å². The molecule has 1 aliphatic carbocycles. The topological polar surface area (TPSA) is 41.1 Å². The molecule has 0 aliphatic heterocycles. The molecule has 1 aromatic carbocycles. The molecule has 1 amide bonds. The van der Waals surface area contributed by atoms with Crippen LogP contribution in [-0.2, 0) is 4.79 Å². The fourth-order valence-electron chi connectivity index (χ4n) is 1.93. The van der Waals surface area contributed by atoms with E-state index in [1.165, 1.54) is 0 Å². The Morgan fingerprint density at radius 1 is 1.37 bits per heavy atom. The van der Waals surface area contributed by atoms with Gasteiger partial charge in [-0.05, 0) is 31.4 Å². The van der Waals surface area contributed by atoms with E-state index < -0.39 is 0 Å². The Hall–Kier alpha value is -0.770. The summed E-state index contributed by atoms with van der Waals surface area (Å²) in [6.45, 7) is 3.38. The minimum absolute atomic E-state index is 0.101. The van der Waals surface area contributed by atoms with Crippen LogP contribution in [0.3, 0.4) is 0 Å². The number of benzene rings is 1. The first kappa shape index (κ1) is 14.6. The van der Waals surface area contributed by atoms with Crippen molar-refractivity contribution in [3.05, 3.63) is 33.8 Å². The molecule has 3 nitrogen and oxygen atoms in total. The zero-order valence-electron chi connectivity index (χ0n) is 10.9. The summed E-state index contributed by atoms with van der Waals surface area (Å²) in [4.78, 5) is 11.4. The summed E-state index contributed by atoms with van der Waals surface area (Å²) in [5.41, 5.74) is 0.975. The van der Waals surface area contributed by atoms with E-state index in [0.717, 1.165) is 18.4 Å². The highest BCUT2D eigenvalue weighted by Gasteiger charge is 2.28. The van der Waals surface area contributed by atoms with E-state index in [1.54, 1.807) is 6.07 Å². The molecule has 1 unspecified atom stereocenters. The van der Waals surface area contributed by atoms with E-state index in [1.807, 2.05) is 19.1 Å². The Bertz CT molecular complexity index is 461. The van der Waals surface area contributed by atoms with Crippen LogP contribution in [0.2, 0.25) is 10.0 Å². The summed E-state index contributed by atoms with van der Waals surface area (Å²) in [6.07, 6.45) is 2.07. The number of rotatable bonds is 6. The molecule has 0 aromatic heterocycles. The van der Waals surface area contributed by atoms with Crippen LogP contribution in [0.4, 0.5) is 0 Å². The molecular weight excluding hydrogens is 283 g/mol. The second-order valence-electron chi connectivity index (χ2n) is 4.88. The maximum atomic E-state index is 11.4. The van der Waals surface area contributed by atoms with E-state index in [4.69, 9.17) is 23.2 Å². The van der Waals surface area contributed by atoms with Gasteiger partial charge in [0.25, 0.3) is 0 Å². The maximum Gasteiger partial charge on any atom is 0.223 e. The molecule has 19 heavy (non-hydrogen) atoms. The Labute approximate surface area is 123 Å². The number of carbonyl (C=O) groups is 1. The molecule has 1 aliphatic rings. The number of nitrogens with one attached hydrogen (secondary N) is 2. The van der Waals surface area contributed by atoms with Crippen molar-refractivity contribution in [2.24, 2.45) is 5.92 Å². The minimum atomic E-state index is 0.101. The van der Waals surface area contributed by atoms with Crippen LogP contribution in [0.15, 0.2) is 18.2 Å². The average Bonchev–Trinajstić information content (AvgIpc) is 3.21. The molecule has 2 rings (SSSR count). The van der Waals surface area contributed by atoms with Crippen LogP contribution < -0.4 is 10.6 Å². The van der Waals surface area contributed by atoms with Crippen molar-refractivity contribution in [2.45, 2.75) is 25.8 Å². The second-order valence-corrected chi connectivity index (χ2v) is 5.67. The second kappa shape index (κ2) is 6.60. The van der Waals surface area contributed by atoms with Gasteiger partial charge in [-0.25, -0.2) is 0 Å². The van der Waals surface area contributed by atoms with E-state index in [-0.39, 0.29) is 17.9 Å². The highest BCUT2D eigenvalue weighted by atomic mass is 35.5. The highest BCUT2D eigenvalue weighted by molar-refractivity contribution is 6.42. The number of halogens is 2. The molecule has 0 heterocycles. The normalized spacial score (nSPS) is 16.2. The van der Waals surface area contributed by atoms with Crippen LogP contribution in [-0.4, -0.2) is 19.0 Å². The zero-order valence-corrected chi connectivity index (χ0v) is 12.4. The number of carbonyl (C=O) groups excluding carboxylic acids is 1. The van der Waals surface area contributed by atoms with Crippen LogP contribution in [0.1, 0.15) is 31.4 Å². The van der Waals surface area contributed by atoms with Crippen LogP contribution in [0, 0.1) is 5.92 Å². The van der Waals surface area contributed by atoms with Gasteiger partial charge in [0, 0.05) is 25.0 Å². The molecule has 2 N–H and O–H groups in total. The summed E-state index contributed by atoms with van der Waals surface area (Å²) in [7, 11) is 0. The smallest absolute Gasteiger partial charge is 0.223 e. The lowest BCUT2D eigenvalue weighted by Crippen LogP contribution is -2.33. The Kier molecular flexibility index (Phi) is 5.08. The highest BCUT2D eigenvalue weighted by Crippen LogP contribution is 2.30. The molecule has 0 bridgehead atoms. The molecule has 1 aromatic rings. The summed E-state index contributed by atoms with van der Waals surface area (Å²) < 4.78 is 0. The van der Waals surface area contributed by atoms with Gasteiger partial charge in [-0.1, -0.05) is 35.3 Å². The molecule has 0 spiro atoms. The van der Waals surface area contributed by atoms with Gasteiger partial charge in [-0.3, -0.25) is 4.79 Å². The first-order valence-electron chi connectivity index (χ1n) is 6.54. The first-order valence-corrected chi connectivity index (χ1v) is 7.30. The van der Waals surface area contributed by atoms with E-state index in [0.29, 0.717) is 23.1 Å². The summed E-state index contributed by atoms with van der Waals surface area (Å²) in [5.74, 6) is 0.440. The predicted molar refractivity (Wildman–Crippen MR) is 78.6 cm³/mol. The SMILES string of the molecule is CC(NCCNC(=O)C1CC1)c1cccc(Cl)c1Cl. The predicted octanol–water partition coefficient (Wildman–Crippen LogP) is 3.17. The third-order valence-electron chi connectivity index (χ3n) is 3.27. The summed E-state index contributed by atoms with van der Waals surface area (Å²) in [5, 5.41) is 7.39. The standard InChI is InChI=1S/C14H18Cl2N2O/c1-9(11-3-2-4-12(15)13(11)16)17-7-8-18-14(19)10-5-6-10/h2-4,9-10,17H,5-8H2,1H3,(H,18,19). The zero-order chi connectivity index (χ0) is 13.8. The molecule has 0 saturated heterocycles. The fourth-order valence-corrected chi connectivity index (χ4v) is 2.40. The van der Waals surface area contributed by atoms with E-state index in [2.05, 4.69) is 10.6 Å². The third-order valence-corrected chi connectivity index (χ3v) is 4.10. The van der Waals surface area contributed by atoms with Crippen molar-refractivity contribution in [3.63, 3.8) is 0 Å². The van der Waals surface area contributed by atoms with Crippen molar-refractivity contribution in [1.82, 2.24) is 10.6 Å². The van der Waals surface area contributed by atoms with Crippen LogP contribution >= 0.6 is 23.2 Å². The van der Waals surface area contributed by atoms with Crippen LogP contribution in [0.5, 0.6) is 0 Å². The quantitative estimate of drug-likeness (QED) is 0.792. The number of hydrogen-bond acceptors (Lipinski definition) is 2. The Balaban J connectivity index is 1.75. The molecule has 1 saturated carbocycles. The van der Waals surface area contributed by atoms with Gasteiger partial charge >= 0.3 is 0 Å². The first-order chi connectivity index (χ1) is 9.09. The Morgan fingerprint density at radius 2 is 2.11 bits per heavy atom. The monoisotopic (exact) mass is 300 g/mol. The van der Waals surface area contributed by atoms with Crippen molar-refractivity contribution >= 4 is 29.1 Å². The van der Waals surface area contributed by atoms with Gasteiger partial charge in [0.1, 0.15) is 0 Å². The lowest BCUT2D eigenvalue weighted by atomic mass is 10.1. The van der Waals surface area contributed by atoms with Gasteiger partial charge < -0.3 is 10.6 Å². The van der Waals surface area contributed by atoms with E-state index >= 15 is 0 Å². The van der Waals surface area contributed by atoms with E-state index in [9.17, 15) is 4.79 Å². The number of hydrogen-bond donors (Lipinski definition) is 2. The minimum Gasteiger partial charge on any atom is -0.355 e. The van der Waals surface area contributed by atoms with Crippen LogP contribution in [0.25, 0.3) is 0 Å². The van der Waals surface area contributed by atoms with Crippen molar-refractivity contribution in [3.8, 4) is 0 Å². The fraction of sp³-hybridized carbons (Fsp3) is 0.500. The molecular formula is C14H18Cl2N2O. The molecule has 1 atom stereocenters. The van der Waals surface area contributed by atoms with Gasteiger partial charge in [0.2, 0.25) is 5.91 Å². The van der Waals surface area contributed by atoms with Gasteiger partial charge in [0.15, 0.2) is 0 Å². The lowest BCUT2D eigenvalue weighted by Gasteiger charge is -2.16. The van der Waals surface area contributed by atoms with Crippen molar-refractivity contribution in [1.29, 1.82) is 0 Å². The maximum absolute atomic E-state index is 11.4. The van der Waals surface area contributed by atoms with Gasteiger partial charge in [0.05, 0.1) is 10.0 Å². The number of amides is 1. The van der Waals surface area contributed by atoms with Crippen molar-refractivity contribution < 1.29 is 4.79 Å². The third kappa shape index (κ3) is 4.10. The van der Waals surface area contributed by atoms with Crippen molar-refractivity contribution in [2.75, 3.05) is 13.1 Å². The summed E-state index contributed by atoms with van der Waals surface area (Å²) >= 11 is 12.1. The summed E-state index contributed by atoms with van der Waals surface area (Å²) in [6, 6.07) is 5.71. The molecule has 1 fully saturated rings.